The second kappa shape index (κ2) is 4.47. The van der Waals surface area contributed by atoms with Crippen molar-refractivity contribution in [2.45, 2.75) is 43.9 Å². The van der Waals surface area contributed by atoms with Crippen molar-refractivity contribution in [3.8, 4) is 0 Å². The van der Waals surface area contributed by atoms with Crippen molar-refractivity contribution in [2.24, 2.45) is 23.5 Å². The Hall–Kier alpha value is -1.62. The second-order valence-electron chi connectivity index (χ2n) is 7.95. The van der Waals surface area contributed by atoms with E-state index in [4.69, 9.17) is 11.5 Å². The van der Waals surface area contributed by atoms with Crippen molar-refractivity contribution in [3.05, 3.63) is 22.6 Å². The van der Waals surface area contributed by atoms with Crippen LogP contribution in [0.25, 0.3) is 10.2 Å². The summed E-state index contributed by atoms with van der Waals surface area (Å²) in [6, 6.07) is 3.80. The Morgan fingerprint density at radius 1 is 1.13 bits per heavy atom. The maximum atomic E-state index is 12.2. The van der Waals surface area contributed by atoms with Crippen LogP contribution in [0, 0.1) is 17.8 Å². The molecule has 5 heteroatoms. The van der Waals surface area contributed by atoms with Gasteiger partial charge < -0.3 is 11.5 Å². The first-order valence-corrected chi connectivity index (χ1v) is 9.35. The Morgan fingerprint density at radius 3 is 2.30 bits per heavy atom. The minimum Gasteiger partial charge on any atom is -0.384 e. The van der Waals surface area contributed by atoms with Crippen LogP contribution in [0.15, 0.2) is 12.1 Å². The average Bonchev–Trinajstić information content (AvgIpc) is 2.85. The fourth-order valence-electron chi connectivity index (χ4n) is 5.98. The van der Waals surface area contributed by atoms with E-state index in [1.807, 2.05) is 12.1 Å². The van der Waals surface area contributed by atoms with Gasteiger partial charge in [0.15, 0.2) is 0 Å². The maximum Gasteiger partial charge on any atom is 0.252 e. The third kappa shape index (κ3) is 1.89. The molecule has 0 saturated heterocycles. The number of fused-ring (bicyclic) bond motifs is 1. The molecule has 4 aliphatic rings. The lowest BCUT2D eigenvalue weighted by Gasteiger charge is -2.56. The first kappa shape index (κ1) is 13.8. The number of aromatic nitrogens is 1. The van der Waals surface area contributed by atoms with Crippen LogP contribution in [0.5, 0.6) is 0 Å². The van der Waals surface area contributed by atoms with E-state index in [1.54, 1.807) is 11.3 Å². The van der Waals surface area contributed by atoms with Gasteiger partial charge in [-0.1, -0.05) is 0 Å². The molecular weight excluding hydrogens is 306 g/mol. The van der Waals surface area contributed by atoms with E-state index in [2.05, 4.69) is 4.98 Å². The molecule has 23 heavy (non-hydrogen) atoms. The number of nitrogen functional groups attached to an aromatic ring is 1. The molecule has 4 fully saturated rings. The maximum absolute atomic E-state index is 12.2. The van der Waals surface area contributed by atoms with Crippen LogP contribution in [0.3, 0.4) is 0 Å². The molecule has 0 unspecified atom stereocenters. The first-order chi connectivity index (χ1) is 11.0. The molecule has 6 rings (SSSR count). The molecule has 0 radical (unpaired) electrons. The number of pyridine rings is 1. The van der Waals surface area contributed by atoms with Crippen molar-refractivity contribution >= 4 is 33.3 Å². The summed E-state index contributed by atoms with van der Waals surface area (Å²) in [6.07, 6.45) is 7.84. The molecule has 120 valence electrons. The molecule has 0 aromatic carbocycles. The Morgan fingerprint density at radius 2 is 1.74 bits per heavy atom. The quantitative estimate of drug-likeness (QED) is 0.886. The molecule has 0 aliphatic heterocycles. The molecule has 4 saturated carbocycles. The molecule has 1 amide bonds. The number of carbonyl (C=O) groups excluding carboxylic acids is 1. The van der Waals surface area contributed by atoms with E-state index < -0.39 is 0 Å². The number of anilines is 1. The van der Waals surface area contributed by atoms with E-state index in [1.165, 1.54) is 43.4 Å². The van der Waals surface area contributed by atoms with Gasteiger partial charge in [-0.25, -0.2) is 4.98 Å². The van der Waals surface area contributed by atoms with Gasteiger partial charge in [0.2, 0.25) is 0 Å². The summed E-state index contributed by atoms with van der Waals surface area (Å²) in [6.45, 7) is 0. The van der Waals surface area contributed by atoms with Crippen molar-refractivity contribution in [1.29, 1.82) is 0 Å². The van der Waals surface area contributed by atoms with E-state index in [-0.39, 0.29) is 11.3 Å². The Kier molecular flexibility index (Phi) is 2.68. The van der Waals surface area contributed by atoms with E-state index >= 15 is 0 Å². The number of amides is 1. The number of primary amides is 1. The summed E-state index contributed by atoms with van der Waals surface area (Å²) < 4.78 is 1.04. The minimum atomic E-state index is -0.347. The third-order valence-electron chi connectivity index (χ3n) is 6.32. The van der Waals surface area contributed by atoms with Crippen molar-refractivity contribution in [3.63, 3.8) is 0 Å². The summed E-state index contributed by atoms with van der Waals surface area (Å²) in [5.41, 5.74) is 13.2. The number of nitrogens with zero attached hydrogens (tertiary/aromatic N) is 1. The lowest BCUT2D eigenvalue weighted by atomic mass is 9.49. The molecule has 4 bridgehead atoms. The van der Waals surface area contributed by atoms with E-state index in [0.717, 1.165) is 22.5 Å². The van der Waals surface area contributed by atoms with Crippen LogP contribution >= 0.6 is 11.3 Å². The Labute approximate surface area is 139 Å². The van der Waals surface area contributed by atoms with Gasteiger partial charge in [0.1, 0.15) is 5.82 Å². The summed E-state index contributed by atoms with van der Waals surface area (Å²) in [4.78, 5) is 17.9. The summed E-state index contributed by atoms with van der Waals surface area (Å²) in [5.74, 6) is 2.62. The molecular formula is C18H21N3OS. The topological polar surface area (TPSA) is 82.0 Å². The third-order valence-corrected chi connectivity index (χ3v) is 7.71. The molecule has 2 aromatic rings. The smallest absolute Gasteiger partial charge is 0.252 e. The number of hydrogen-bond donors (Lipinski definition) is 2. The van der Waals surface area contributed by atoms with Gasteiger partial charge in [0.25, 0.3) is 5.91 Å². The second-order valence-corrected chi connectivity index (χ2v) is 9.00. The van der Waals surface area contributed by atoms with Crippen molar-refractivity contribution < 1.29 is 4.79 Å². The van der Waals surface area contributed by atoms with Crippen LogP contribution in [0.4, 0.5) is 5.82 Å². The molecule has 0 spiro atoms. The van der Waals surface area contributed by atoms with Gasteiger partial charge in [0.05, 0.1) is 15.8 Å². The highest BCUT2D eigenvalue weighted by Crippen LogP contribution is 2.62. The lowest BCUT2D eigenvalue weighted by Crippen LogP contribution is -2.48. The minimum absolute atomic E-state index is 0.166. The average molecular weight is 327 g/mol. The normalized spacial score (nSPS) is 35.0. The van der Waals surface area contributed by atoms with Crippen molar-refractivity contribution in [1.82, 2.24) is 4.98 Å². The Balaban J connectivity index is 1.74. The van der Waals surface area contributed by atoms with Crippen LogP contribution in [0.1, 0.15) is 53.8 Å². The standard InChI is InChI=1S/C18H21N3OS/c19-13-2-1-12-15(21-13)14(17(20)22)16(23-12)18-6-9-3-10(7-18)5-11(4-9)8-18/h1-2,9-11H,3-8H2,(H2,19,21)(H2,20,22). The van der Waals surface area contributed by atoms with Crippen LogP contribution in [-0.2, 0) is 5.41 Å². The summed E-state index contributed by atoms with van der Waals surface area (Å²) >= 11 is 1.73. The van der Waals surface area contributed by atoms with Gasteiger partial charge in [-0.2, -0.15) is 0 Å². The SMILES string of the molecule is NC(=O)c1c(C23CC4CC(CC(C4)C2)C3)sc2ccc(N)nc12. The van der Waals surface area contributed by atoms with Gasteiger partial charge in [-0.15, -0.1) is 11.3 Å². The van der Waals surface area contributed by atoms with Crippen molar-refractivity contribution in [2.75, 3.05) is 5.73 Å². The number of hydrogen-bond acceptors (Lipinski definition) is 4. The molecule has 2 heterocycles. The predicted molar refractivity (Wildman–Crippen MR) is 92.4 cm³/mol. The zero-order valence-electron chi connectivity index (χ0n) is 13.0. The Bertz CT molecular complexity index is 790. The first-order valence-electron chi connectivity index (χ1n) is 8.53. The number of thiophene rings is 1. The lowest BCUT2D eigenvalue weighted by molar-refractivity contribution is -0.00374. The predicted octanol–water partition coefficient (Wildman–Crippen LogP) is 3.45. The largest absolute Gasteiger partial charge is 0.384 e. The van der Waals surface area contributed by atoms with E-state index in [9.17, 15) is 4.79 Å². The van der Waals surface area contributed by atoms with Crippen LogP contribution in [0.2, 0.25) is 0 Å². The summed E-state index contributed by atoms with van der Waals surface area (Å²) in [5, 5.41) is 0. The highest BCUT2D eigenvalue weighted by atomic mass is 32.1. The fraction of sp³-hybridized carbons (Fsp3) is 0.556. The highest BCUT2D eigenvalue weighted by molar-refractivity contribution is 7.19. The van der Waals surface area contributed by atoms with Gasteiger partial charge in [0, 0.05) is 10.3 Å². The van der Waals surface area contributed by atoms with Crippen LogP contribution in [-0.4, -0.2) is 10.9 Å². The molecule has 4 nitrogen and oxygen atoms in total. The number of nitrogens with two attached hydrogens (primary N) is 2. The van der Waals surface area contributed by atoms with Gasteiger partial charge in [-0.05, 0) is 68.4 Å². The van der Waals surface area contributed by atoms with E-state index in [0.29, 0.717) is 16.9 Å². The molecule has 4 aliphatic carbocycles. The van der Waals surface area contributed by atoms with Crippen LogP contribution < -0.4 is 11.5 Å². The summed E-state index contributed by atoms with van der Waals surface area (Å²) in [7, 11) is 0. The van der Waals surface area contributed by atoms with Gasteiger partial charge >= 0.3 is 0 Å². The zero-order valence-corrected chi connectivity index (χ0v) is 13.9. The molecule has 2 aromatic heterocycles. The monoisotopic (exact) mass is 327 g/mol. The zero-order chi connectivity index (χ0) is 15.8. The number of rotatable bonds is 2. The highest BCUT2D eigenvalue weighted by Gasteiger charge is 2.53. The molecule has 0 atom stereocenters. The molecule has 4 N–H and O–H groups in total. The number of carbonyl (C=O) groups is 1. The van der Waals surface area contributed by atoms with Gasteiger partial charge in [-0.3, -0.25) is 4.79 Å². The fourth-order valence-corrected chi connectivity index (χ4v) is 7.35.